The Bertz CT molecular complexity index is 758. The van der Waals surface area contributed by atoms with Crippen molar-refractivity contribution in [2.24, 2.45) is 0 Å². The lowest BCUT2D eigenvalue weighted by atomic mass is 9.85. The Hall–Kier alpha value is -3.15. The third-order valence-corrected chi connectivity index (χ3v) is 3.89. The molecule has 0 aliphatic heterocycles. The molecule has 6 heteroatoms. The number of carbonyl (C=O) groups excluding carboxylic acids is 3. The van der Waals surface area contributed by atoms with E-state index < -0.39 is 29.9 Å². The Morgan fingerprint density at radius 3 is 2.12 bits per heavy atom. The smallest absolute Gasteiger partial charge is 0.321 e. The van der Waals surface area contributed by atoms with Crippen LogP contribution in [0.15, 0.2) is 60.7 Å². The van der Waals surface area contributed by atoms with Crippen LogP contribution in [0, 0.1) is 0 Å². The molecule has 0 bridgehead atoms. The van der Waals surface area contributed by atoms with Gasteiger partial charge in [-0.3, -0.25) is 14.9 Å². The van der Waals surface area contributed by atoms with Gasteiger partial charge in [0.05, 0.1) is 5.41 Å². The number of benzene rings is 2. The van der Waals surface area contributed by atoms with E-state index in [0.717, 1.165) is 11.1 Å². The van der Waals surface area contributed by atoms with Gasteiger partial charge in [-0.05, 0) is 25.0 Å². The maximum atomic E-state index is 12.3. The quantitative estimate of drug-likeness (QED) is 0.781. The SMILES string of the molecule is CC(C)(C(=O)OCC(=O)NC(=O)NCc1ccccc1)c1ccccc1. The van der Waals surface area contributed by atoms with Gasteiger partial charge in [0.2, 0.25) is 0 Å². The maximum Gasteiger partial charge on any atom is 0.321 e. The van der Waals surface area contributed by atoms with Crippen LogP contribution >= 0.6 is 0 Å². The number of imide groups is 1. The Morgan fingerprint density at radius 1 is 0.923 bits per heavy atom. The molecule has 0 fully saturated rings. The van der Waals surface area contributed by atoms with Crippen LogP contribution in [0.2, 0.25) is 0 Å². The van der Waals surface area contributed by atoms with Crippen molar-refractivity contribution in [3.8, 4) is 0 Å². The van der Waals surface area contributed by atoms with Crippen molar-refractivity contribution >= 4 is 17.9 Å². The number of hydrogen-bond acceptors (Lipinski definition) is 4. The molecule has 0 aliphatic carbocycles. The molecule has 0 radical (unpaired) electrons. The van der Waals surface area contributed by atoms with E-state index in [1.54, 1.807) is 13.8 Å². The summed E-state index contributed by atoms with van der Waals surface area (Å²) in [6.45, 7) is 3.21. The van der Waals surface area contributed by atoms with Gasteiger partial charge in [0.1, 0.15) is 0 Å². The average Bonchev–Trinajstić information content (AvgIpc) is 2.66. The third-order valence-electron chi connectivity index (χ3n) is 3.89. The second-order valence-electron chi connectivity index (χ2n) is 6.28. The number of nitrogens with one attached hydrogen (secondary N) is 2. The van der Waals surface area contributed by atoms with E-state index >= 15 is 0 Å². The third kappa shape index (κ3) is 5.44. The Kier molecular flexibility index (Phi) is 6.49. The second-order valence-corrected chi connectivity index (χ2v) is 6.28. The highest BCUT2D eigenvalue weighted by atomic mass is 16.5. The molecule has 6 nitrogen and oxygen atoms in total. The number of rotatable bonds is 6. The van der Waals surface area contributed by atoms with Gasteiger partial charge in [-0.1, -0.05) is 60.7 Å². The first-order chi connectivity index (χ1) is 12.4. The van der Waals surface area contributed by atoms with Gasteiger partial charge in [0.15, 0.2) is 6.61 Å². The van der Waals surface area contributed by atoms with Crippen LogP contribution in [-0.4, -0.2) is 24.5 Å². The van der Waals surface area contributed by atoms with E-state index in [-0.39, 0.29) is 0 Å². The molecule has 0 unspecified atom stereocenters. The fourth-order valence-corrected chi connectivity index (χ4v) is 2.27. The molecular weight excluding hydrogens is 332 g/mol. The summed E-state index contributed by atoms with van der Waals surface area (Å²) in [6.07, 6.45) is 0. The first kappa shape index (κ1) is 19.2. The first-order valence-corrected chi connectivity index (χ1v) is 8.24. The minimum absolute atomic E-state index is 0.292. The predicted molar refractivity (Wildman–Crippen MR) is 97.2 cm³/mol. The van der Waals surface area contributed by atoms with Crippen LogP contribution in [0.3, 0.4) is 0 Å². The van der Waals surface area contributed by atoms with Crippen LogP contribution in [0.5, 0.6) is 0 Å². The average molecular weight is 354 g/mol. The largest absolute Gasteiger partial charge is 0.455 e. The molecule has 0 saturated carbocycles. The number of ether oxygens (including phenoxy) is 1. The number of urea groups is 1. The summed E-state index contributed by atoms with van der Waals surface area (Å²) >= 11 is 0. The number of esters is 1. The first-order valence-electron chi connectivity index (χ1n) is 8.24. The topological polar surface area (TPSA) is 84.5 Å². The van der Waals surface area contributed by atoms with Gasteiger partial charge in [-0.25, -0.2) is 4.79 Å². The molecule has 0 saturated heterocycles. The van der Waals surface area contributed by atoms with Gasteiger partial charge in [0.25, 0.3) is 5.91 Å². The van der Waals surface area contributed by atoms with E-state index in [1.807, 2.05) is 60.7 Å². The number of amides is 3. The van der Waals surface area contributed by atoms with E-state index in [0.29, 0.717) is 6.54 Å². The number of hydrogen-bond donors (Lipinski definition) is 2. The monoisotopic (exact) mass is 354 g/mol. The summed E-state index contributed by atoms with van der Waals surface area (Å²) in [6, 6.07) is 17.8. The minimum atomic E-state index is -0.892. The highest BCUT2D eigenvalue weighted by Gasteiger charge is 2.31. The van der Waals surface area contributed by atoms with Crippen molar-refractivity contribution in [2.75, 3.05) is 6.61 Å². The van der Waals surface area contributed by atoms with Gasteiger partial charge < -0.3 is 10.1 Å². The molecule has 0 aromatic heterocycles. The molecule has 2 N–H and O–H groups in total. The zero-order valence-corrected chi connectivity index (χ0v) is 14.8. The van der Waals surface area contributed by atoms with Crippen molar-refractivity contribution in [1.29, 1.82) is 0 Å². The summed E-state index contributed by atoms with van der Waals surface area (Å²) < 4.78 is 5.06. The maximum absolute atomic E-state index is 12.3. The summed E-state index contributed by atoms with van der Waals surface area (Å²) in [5.41, 5.74) is 0.800. The fraction of sp³-hybridized carbons (Fsp3) is 0.250. The van der Waals surface area contributed by atoms with Gasteiger partial charge in [-0.2, -0.15) is 0 Å². The van der Waals surface area contributed by atoms with Gasteiger partial charge in [0, 0.05) is 6.54 Å². The lowest BCUT2D eigenvalue weighted by molar-refractivity contribution is -0.153. The summed E-state index contributed by atoms with van der Waals surface area (Å²) in [7, 11) is 0. The highest BCUT2D eigenvalue weighted by molar-refractivity contribution is 5.96. The van der Waals surface area contributed by atoms with E-state index in [9.17, 15) is 14.4 Å². The predicted octanol–water partition coefficient (Wildman–Crippen LogP) is 2.53. The van der Waals surface area contributed by atoms with Crippen LogP contribution in [0.25, 0.3) is 0 Å². The molecule has 0 aliphatic rings. The molecule has 0 heterocycles. The number of carbonyl (C=O) groups is 3. The second kappa shape index (κ2) is 8.80. The van der Waals surface area contributed by atoms with E-state index in [1.165, 1.54) is 0 Å². The summed E-state index contributed by atoms with van der Waals surface area (Å²) in [5.74, 6) is -1.23. The van der Waals surface area contributed by atoms with Crippen LogP contribution in [-0.2, 0) is 26.3 Å². The molecular formula is C20H22N2O4. The van der Waals surface area contributed by atoms with E-state index in [2.05, 4.69) is 10.6 Å². The van der Waals surface area contributed by atoms with Crippen molar-refractivity contribution in [1.82, 2.24) is 10.6 Å². The van der Waals surface area contributed by atoms with Crippen LogP contribution < -0.4 is 10.6 Å². The van der Waals surface area contributed by atoms with Gasteiger partial charge >= 0.3 is 12.0 Å². The fourth-order valence-electron chi connectivity index (χ4n) is 2.27. The molecule has 2 aromatic carbocycles. The zero-order chi connectivity index (χ0) is 19.0. The standard InChI is InChI=1S/C20H22N2O4/c1-20(2,16-11-7-4-8-12-16)18(24)26-14-17(23)22-19(25)21-13-15-9-5-3-6-10-15/h3-12H,13-14H2,1-2H3,(H2,21,22,23,25). The molecule has 136 valence electrons. The van der Waals surface area contributed by atoms with Crippen molar-refractivity contribution < 1.29 is 19.1 Å². The normalized spacial score (nSPS) is 10.7. The highest BCUT2D eigenvalue weighted by Crippen LogP contribution is 2.24. The van der Waals surface area contributed by atoms with Crippen LogP contribution in [0.4, 0.5) is 4.79 Å². The lowest BCUT2D eigenvalue weighted by Gasteiger charge is -2.22. The van der Waals surface area contributed by atoms with Crippen molar-refractivity contribution in [3.63, 3.8) is 0 Å². The lowest BCUT2D eigenvalue weighted by Crippen LogP contribution is -2.42. The Morgan fingerprint density at radius 2 is 1.50 bits per heavy atom. The molecule has 3 amide bonds. The zero-order valence-electron chi connectivity index (χ0n) is 14.8. The molecule has 2 rings (SSSR count). The molecule has 2 aromatic rings. The van der Waals surface area contributed by atoms with E-state index in [4.69, 9.17) is 4.74 Å². The summed E-state index contributed by atoms with van der Waals surface area (Å²) in [5, 5.41) is 4.69. The van der Waals surface area contributed by atoms with Crippen molar-refractivity contribution in [3.05, 3.63) is 71.8 Å². The minimum Gasteiger partial charge on any atom is -0.455 e. The van der Waals surface area contributed by atoms with Gasteiger partial charge in [-0.15, -0.1) is 0 Å². The Labute approximate surface area is 152 Å². The van der Waals surface area contributed by atoms with Crippen molar-refractivity contribution in [2.45, 2.75) is 25.8 Å². The molecule has 26 heavy (non-hydrogen) atoms. The molecule has 0 spiro atoms. The summed E-state index contributed by atoms with van der Waals surface area (Å²) in [4.78, 5) is 35.8. The molecule has 0 atom stereocenters. The van der Waals surface area contributed by atoms with Crippen LogP contribution in [0.1, 0.15) is 25.0 Å². The Balaban J connectivity index is 1.77.